The minimum Gasteiger partial charge on any atom is -0.598 e. The van der Waals surface area contributed by atoms with Gasteiger partial charge in [-0.2, -0.15) is 13.2 Å². The number of nitrogens with one attached hydrogen (secondary N) is 1. The maximum Gasteiger partial charge on any atom is 0.434 e. The fraction of sp³-hybridized carbons (Fsp3) is 0.412. The lowest BCUT2D eigenvalue weighted by atomic mass is 10.1. The molecule has 0 aliphatic rings. The van der Waals surface area contributed by atoms with Gasteiger partial charge >= 0.3 is 6.18 Å². The molecule has 2 rings (SSSR count). The number of pyridine rings is 2. The fourth-order valence-corrected chi connectivity index (χ4v) is 3.48. The van der Waals surface area contributed by atoms with Crippen molar-refractivity contribution in [1.29, 1.82) is 0 Å². The SMILES string of the molecule is CC(C)(C)[S@@+]([O-])N[C@H](c1cnc(C(F)(F)F)c(Cl)c1)c1ccc(Cl)c(C(F)F)n1. The summed E-state index contributed by atoms with van der Waals surface area (Å²) in [5.41, 5.74) is -1.96. The average molecular weight is 476 g/mol. The first-order valence-electron chi connectivity index (χ1n) is 8.07. The van der Waals surface area contributed by atoms with Crippen LogP contribution in [0.15, 0.2) is 24.4 Å². The predicted octanol–water partition coefficient (Wildman–Crippen LogP) is 5.88. The average Bonchev–Trinajstić information content (AvgIpc) is 2.57. The van der Waals surface area contributed by atoms with Crippen molar-refractivity contribution in [3.05, 3.63) is 57.1 Å². The monoisotopic (exact) mass is 475 g/mol. The van der Waals surface area contributed by atoms with Crippen LogP contribution in [-0.2, 0) is 17.5 Å². The van der Waals surface area contributed by atoms with Gasteiger partial charge < -0.3 is 4.55 Å². The summed E-state index contributed by atoms with van der Waals surface area (Å²) in [6.45, 7) is 4.97. The molecule has 0 fully saturated rings. The lowest BCUT2D eigenvalue weighted by molar-refractivity contribution is -0.141. The number of alkyl halides is 5. The zero-order chi connectivity index (χ0) is 22.1. The quantitative estimate of drug-likeness (QED) is 0.433. The van der Waals surface area contributed by atoms with Gasteiger partial charge in [-0.25, -0.2) is 18.7 Å². The van der Waals surface area contributed by atoms with Crippen molar-refractivity contribution in [1.82, 2.24) is 14.7 Å². The summed E-state index contributed by atoms with van der Waals surface area (Å²) in [5.74, 6) is 0. The van der Waals surface area contributed by atoms with Crippen LogP contribution in [0, 0.1) is 0 Å². The highest BCUT2D eigenvalue weighted by Crippen LogP contribution is 2.36. The Bertz CT molecular complexity index is 877. The molecule has 2 atom stereocenters. The molecule has 2 heterocycles. The van der Waals surface area contributed by atoms with E-state index >= 15 is 0 Å². The predicted molar refractivity (Wildman–Crippen MR) is 101 cm³/mol. The highest BCUT2D eigenvalue weighted by molar-refractivity contribution is 7.90. The summed E-state index contributed by atoms with van der Waals surface area (Å²) in [6, 6.07) is 2.33. The first-order chi connectivity index (χ1) is 13.2. The van der Waals surface area contributed by atoms with Crippen molar-refractivity contribution in [3.63, 3.8) is 0 Å². The molecule has 0 radical (unpaired) electrons. The van der Waals surface area contributed by atoms with Crippen LogP contribution in [0.2, 0.25) is 10.0 Å². The normalized spacial score (nSPS) is 14.9. The van der Waals surface area contributed by atoms with Gasteiger partial charge in [-0.15, -0.1) is 4.72 Å². The van der Waals surface area contributed by atoms with Crippen LogP contribution in [0.25, 0.3) is 0 Å². The Labute approximate surface area is 177 Å². The summed E-state index contributed by atoms with van der Waals surface area (Å²) in [5, 5.41) is -0.964. The largest absolute Gasteiger partial charge is 0.598 e. The molecule has 1 N–H and O–H groups in total. The van der Waals surface area contributed by atoms with Crippen LogP contribution < -0.4 is 4.72 Å². The standard InChI is InChI=1S/C17H16Cl2F5N3OS/c1-16(2,3)29(28)27-12(11-5-4-9(18)13(26-11)15(20)21)8-6-10(19)14(25-7-8)17(22,23)24/h4-7,12,15,27H,1-3H3/t12-,29-/m1/s1. The molecule has 0 aromatic carbocycles. The van der Waals surface area contributed by atoms with E-state index in [0.29, 0.717) is 0 Å². The Morgan fingerprint density at radius 2 is 1.72 bits per heavy atom. The minimum absolute atomic E-state index is 0.0278. The topological polar surface area (TPSA) is 60.9 Å². The summed E-state index contributed by atoms with van der Waals surface area (Å²) in [7, 11) is 0. The summed E-state index contributed by atoms with van der Waals surface area (Å²) >= 11 is 9.74. The Morgan fingerprint density at radius 3 is 2.21 bits per heavy atom. The van der Waals surface area contributed by atoms with Crippen molar-refractivity contribution < 1.29 is 26.5 Å². The van der Waals surface area contributed by atoms with Crippen molar-refractivity contribution in [2.45, 2.75) is 44.2 Å². The molecule has 2 aromatic rings. The lowest BCUT2D eigenvalue weighted by Crippen LogP contribution is -2.42. The number of hydrogen-bond acceptors (Lipinski definition) is 4. The molecule has 0 saturated heterocycles. The fourth-order valence-electron chi connectivity index (χ4n) is 2.19. The zero-order valence-electron chi connectivity index (χ0n) is 15.3. The Balaban J connectivity index is 2.57. The van der Waals surface area contributed by atoms with Crippen LogP contribution >= 0.6 is 23.2 Å². The van der Waals surface area contributed by atoms with E-state index in [4.69, 9.17) is 23.2 Å². The van der Waals surface area contributed by atoms with Crippen molar-refractivity contribution in [2.75, 3.05) is 0 Å². The molecule has 2 aromatic heterocycles. The van der Waals surface area contributed by atoms with Crippen LogP contribution in [0.5, 0.6) is 0 Å². The Morgan fingerprint density at radius 1 is 1.10 bits per heavy atom. The molecule has 0 amide bonds. The number of aromatic nitrogens is 2. The first-order valence-corrected chi connectivity index (χ1v) is 9.97. The third kappa shape index (κ3) is 5.91. The van der Waals surface area contributed by atoms with Gasteiger partial charge in [-0.1, -0.05) is 23.2 Å². The highest BCUT2D eigenvalue weighted by atomic mass is 35.5. The number of nitrogens with zero attached hydrogens (tertiary/aromatic N) is 2. The number of hydrogen-bond donors (Lipinski definition) is 1. The van der Waals surface area contributed by atoms with Gasteiger partial charge in [0.2, 0.25) is 0 Å². The summed E-state index contributed by atoms with van der Waals surface area (Å²) < 4.78 is 79.7. The van der Waals surface area contributed by atoms with Gasteiger partial charge in [-0.3, -0.25) is 0 Å². The van der Waals surface area contributed by atoms with Crippen molar-refractivity contribution in [3.8, 4) is 0 Å². The molecule has 0 spiro atoms. The van der Waals surface area contributed by atoms with E-state index in [-0.39, 0.29) is 16.3 Å². The van der Waals surface area contributed by atoms with Crippen molar-refractivity contribution in [2.24, 2.45) is 0 Å². The molecule has 0 bridgehead atoms. The van der Waals surface area contributed by atoms with E-state index in [2.05, 4.69) is 14.7 Å². The first kappa shape index (κ1) is 24.1. The molecule has 160 valence electrons. The van der Waals surface area contributed by atoms with Gasteiger partial charge in [0.1, 0.15) is 16.5 Å². The second kappa shape index (κ2) is 8.89. The highest BCUT2D eigenvalue weighted by Gasteiger charge is 2.37. The van der Waals surface area contributed by atoms with Gasteiger partial charge in [0.05, 0.1) is 15.7 Å². The smallest absolute Gasteiger partial charge is 0.434 e. The lowest BCUT2D eigenvalue weighted by Gasteiger charge is -2.28. The maximum atomic E-state index is 13.2. The summed E-state index contributed by atoms with van der Waals surface area (Å²) in [4.78, 5) is 7.16. The van der Waals surface area contributed by atoms with E-state index in [9.17, 15) is 26.5 Å². The minimum atomic E-state index is -4.77. The molecule has 0 aliphatic heterocycles. The van der Waals surface area contributed by atoms with Gasteiger partial charge in [0.15, 0.2) is 5.69 Å². The molecule has 4 nitrogen and oxygen atoms in total. The Kier molecular flexibility index (Phi) is 7.38. The number of halogens is 7. The van der Waals surface area contributed by atoms with Crippen LogP contribution in [0.4, 0.5) is 22.0 Å². The summed E-state index contributed by atoms with van der Waals surface area (Å²) in [6.07, 6.45) is -6.87. The third-order valence-electron chi connectivity index (χ3n) is 3.64. The van der Waals surface area contributed by atoms with Crippen LogP contribution in [0.3, 0.4) is 0 Å². The van der Waals surface area contributed by atoms with Gasteiger partial charge in [0.25, 0.3) is 6.43 Å². The molecular formula is C17H16Cl2F5N3OS. The third-order valence-corrected chi connectivity index (χ3v) is 5.81. The zero-order valence-corrected chi connectivity index (χ0v) is 17.6. The molecule has 12 heteroatoms. The second-order valence-electron chi connectivity index (χ2n) is 6.93. The van der Waals surface area contributed by atoms with E-state index in [0.717, 1.165) is 12.3 Å². The van der Waals surface area contributed by atoms with E-state index in [1.54, 1.807) is 20.8 Å². The van der Waals surface area contributed by atoms with E-state index in [1.165, 1.54) is 12.1 Å². The van der Waals surface area contributed by atoms with Gasteiger partial charge in [-0.05, 0) is 44.5 Å². The molecule has 0 unspecified atom stereocenters. The van der Waals surface area contributed by atoms with E-state index in [1.807, 2.05) is 0 Å². The van der Waals surface area contributed by atoms with Crippen LogP contribution in [-0.4, -0.2) is 19.3 Å². The molecular weight excluding hydrogens is 460 g/mol. The second-order valence-corrected chi connectivity index (χ2v) is 9.74. The maximum absolute atomic E-state index is 13.2. The van der Waals surface area contributed by atoms with Crippen LogP contribution in [0.1, 0.15) is 55.9 Å². The van der Waals surface area contributed by atoms with Crippen molar-refractivity contribution >= 4 is 34.6 Å². The van der Waals surface area contributed by atoms with E-state index < -0.39 is 51.2 Å². The number of rotatable bonds is 5. The molecule has 29 heavy (non-hydrogen) atoms. The molecule has 0 aliphatic carbocycles. The molecule has 0 saturated carbocycles. The van der Waals surface area contributed by atoms with Gasteiger partial charge in [0, 0.05) is 17.6 Å². The Hall–Kier alpha value is -1.20.